The standard InChI is InChI=1S/C21H19N5O5/c1-4-9-25-19(27)17-18(26(21(25)29)15-8-6-5-7-13(15)2)22-12-24(17)10-16-23-14(11-31-16)20(28)30-3/h4-8,11-12H,1,9-10H2,2-3H3. The maximum Gasteiger partial charge on any atom is 0.360 e. The van der Waals surface area contributed by atoms with Crippen molar-refractivity contribution < 1.29 is 13.9 Å². The van der Waals surface area contributed by atoms with Crippen LogP contribution in [-0.2, 0) is 17.8 Å². The second-order valence-corrected chi connectivity index (χ2v) is 6.77. The number of rotatable bonds is 6. The first-order chi connectivity index (χ1) is 15.0. The van der Waals surface area contributed by atoms with Gasteiger partial charge in [-0.1, -0.05) is 24.3 Å². The summed E-state index contributed by atoms with van der Waals surface area (Å²) in [6, 6.07) is 7.33. The van der Waals surface area contributed by atoms with Crippen molar-refractivity contribution in [2.45, 2.75) is 20.0 Å². The Kier molecular flexibility index (Phi) is 5.12. The molecule has 0 N–H and O–H groups in total. The highest BCUT2D eigenvalue weighted by atomic mass is 16.5. The van der Waals surface area contributed by atoms with E-state index in [4.69, 9.17) is 4.42 Å². The van der Waals surface area contributed by atoms with Crippen molar-refractivity contribution >= 4 is 17.1 Å². The zero-order chi connectivity index (χ0) is 22.1. The van der Waals surface area contributed by atoms with E-state index in [9.17, 15) is 14.4 Å². The van der Waals surface area contributed by atoms with Crippen molar-refractivity contribution in [3.8, 4) is 5.69 Å². The van der Waals surface area contributed by atoms with E-state index in [-0.39, 0.29) is 35.8 Å². The van der Waals surface area contributed by atoms with Gasteiger partial charge in [-0.05, 0) is 18.6 Å². The predicted molar refractivity (Wildman–Crippen MR) is 111 cm³/mol. The Bertz CT molecular complexity index is 1420. The summed E-state index contributed by atoms with van der Waals surface area (Å²) in [4.78, 5) is 46.4. The zero-order valence-electron chi connectivity index (χ0n) is 16.9. The maximum absolute atomic E-state index is 13.2. The molecule has 3 heterocycles. The number of esters is 1. The highest BCUT2D eigenvalue weighted by Crippen LogP contribution is 2.17. The third-order valence-corrected chi connectivity index (χ3v) is 4.82. The number of benzene rings is 1. The van der Waals surface area contributed by atoms with Crippen LogP contribution in [0.5, 0.6) is 0 Å². The van der Waals surface area contributed by atoms with Crippen LogP contribution in [0.15, 0.2) is 63.5 Å². The van der Waals surface area contributed by atoms with Gasteiger partial charge >= 0.3 is 11.7 Å². The fraction of sp³-hybridized carbons (Fsp3) is 0.190. The number of allylic oxidation sites excluding steroid dienone is 1. The molecule has 0 unspecified atom stereocenters. The van der Waals surface area contributed by atoms with E-state index < -0.39 is 17.2 Å². The van der Waals surface area contributed by atoms with E-state index in [2.05, 4.69) is 21.3 Å². The Morgan fingerprint density at radius 3 is 2.77 bits per heavy atom. The molecule has 10 nitrogen and oxygen atoms in total. The first-order valence-corrected chi connectivity index (χ1v) is 9.36. The molecule has 0 aliphatic heterocycles. The number of para-hydroxylation sites is 1. The molecule has 158 valence electrons. The predicted octanol–water partition coefficient (Wildman–Crippen LogP) is 1.67. The Morgan fingerprint density at radius 2 is 2.06 bits per heavy atom. The largest absolute Gasteiger partial charge is 0.464 e. The highest BCUT2D eigenvalue weighted by Gasteiger charge is 2.21. The van der Waals surface area contributed by atoms with Crippen LogP contribution in [0.2, 0.25) is 0 Å². The van der Waals surface area contributed by atoms with Gasteiger partial charge in [-0.25, -0.2) is 24.1 Å². The normalized spacial score (nSPS) is 11.0. The minimum absolute atomic E-state index is 0.0165. The second-order valence-electron chi connectivity index (χ2n) is 6.77. The smallest absolute Gasteiger partial charge is 0.360 e. The van der Waals surface area contributed by atoms with Gasteiger partial charge in [0.25, 0.3) is 5.56 Å². The van der Waals surface area contributed by atoms with Gasteiger partial charge in [-0.3, -0.25) is 9.36 Å². The summed E-state index contributed by atoms with van der Waals surface area (Å²) in [6.07, 6.45) is 4.09. The minimum Gasteiger partial charge on any atom is -0.464 e. The number of ether oxygens (including phenoxy) is 1. The molecule has 10 heteroatoms. The molecule has 3 aromatic heterocycles. The Hall–Kier alpha value is -4.21. The molecule has 31 heavy (non-hydrogen) atoms. The number of oxazole rings is 1. The van der Waals surface area contributed by atoms with Crippen molar-refractivity contribution in [3.05, 3.63) is 87.5 Å². The third kappa shape index (κ3) is 3.37. The maximum atomic E-state index is 13.2. The molecule has 4 rings (SSSR count). The van der Waals surface area contributed by atoms with Crippen LogP contribution in [0.4, 0.5) is 0 Å². The van der Waals surface area contributed by atoms with Gasteiger partial charge in [0.2, 0.25) is 5.89 Å². The number of hydrogen-bond acceptors (Lipinski definition) is 7. The monoisotopic (exact) mass is 421 g/mol. The van der Waals surface area contributed by atoms with Crippen LogP contribution in [-0.4, -0.2) is 36.7 Å². The lowest BCUT2D eigenvalue weighted by molar-refractivity contribution is 0.0594. The lowest BCUT2D eigenvalue weighted by Gasteiger charge is -2.13. The first kappa shape index (κ1) is 20.1. The van der Waals surface area contributed by atoms with Crippen molar-refractivity contribution in [2.75, 3.05) is 7.11 Å². The summed E-state index contributed by atoms with van der Waals surface area (Å²) >= 11 is 0. The molecule has 0 fully saturated rings. The molecule has 0 spiro atoms. The van der Waals surface area contributed by atoms with E-state index in [1.165, 1.54) is 34.9 Å². The van der Waals surface area contributed by atoms with Crippen molar-refractivity contribution in [2.24, 2.45) is 0 Å². The van der Waals surface area contributed by atoms with Crippen molar-refractivity contribution in [1.29, 1.82) is 0 Å². The average Bonchev–Trinajstić information content (AvgIpc) is 3.40. The molecule has 0 bridgehead atoms. The molecular formula is C21H19N5O5. The number of nitrogens with zero attached hydrogens (tertiary/aromatic N) is 5. The van der Waals surface area contributed by atoms with Crippen molar-refractivity contribution in [1.82, 2.24) is 23.7 Å². The van der Waals surface area contributed by atoms with E-state index in [1.54, 1.807) is 6.07 Å². The van der Waals surface area contributed by atoms with Gasteiger partial charge < -0.3 is 13.7 Å². The SMILES string of the molecule is C=CCn1c(=O)c2c(ncn2Cc2nc(C(=O)OC)co2)n(-c2ccccc2C)c1=O. The molecule has 0 amide bonds. The van der Waals surface area contributed by atoms with E-state index in [0.717, 1.165) is 10.1 Å². The Balaban J connectivity index is 1.94. The molecule has 0 aliphatic rings. The van der Waals surface area contributed by atoms with E-state index in [1.807, 2.05) is 25.1 Å². The molecule has 4 aromatic rings. The van der Waals surface area contributed by atoms with Gasteiger partial charge in [-0.15, -0.1) is 6.58 Å². The summed E-state index contributed by atoms with van der Waals surface area (Å²) in [6.45, 7) is 5.58. The van der Waals surface area contributed by atoms with Gasteiger partial charge in [0.1, 0.15) is 12.8 Å². The molecule has 1 aromatic carbocycles. The van der Waals surface area contributed by atoms with Crippen LogP contribution in [0.1, 0.15) is 21.9 Å². The van der Waals surface area contributed by atoms with Gasteiger partial charge in [-0.2, -0.15) is 0 Å². The summed E-state index contributed by atoms with van der Waals surface area (Å²) in [5.74, 6) is -0.449. The number of aromatic nitrogens is 5. The fourth-order valence-electron chi connectivity index (χ4n) is 3.35. The number of hydrogen-bond donors (Lipinski definition) is 0. The van der Waals surface area contributed by atoms with Gasteiger partial charge in [0, 0.05) is 6.54 Å². The first-order valence-electron chi connectivity index (χ1n) is 9.36. The fourth-order valence-corrected chi connectivity index (χ4v) is 3.35. The number of methoxy groups -OCH3 is 1. The van der Waals surface area contributed by atoms with Crippen LogP contribution < -0.4 is 11.2 Å². The molecule has 0 aliphatic carbocycles. The number of carbonyl (C=O) groups excluding carboxylic acids is 1. The molecule has 0 saturated carbocycles. The number of imidazole rings is 1. The van der Waals surface area contributed by atoms with Crippen molar-refractivity contribution in [3.63, 3.8) is 0 Å². The molecule has 0 saturated heterocycles. The van der Waals surface area contributed by atoms with Crippen LogP contribution in [0.3, 0.4) is 0 Å². The van der Waals surface area contributed by atoms with Gasteiger partial charge in [0.05, 0.1) is 19.1 Å². The van der Waals surface area contributed by atoms with E-state index in [0.29, 0.717) is 5.69 Å². The number of fused-ring (bicyclic) bond motifs is 1. The highest BCUT2D eigenvalue weighted by molar-refractivity contribution is 5.86. The summed E-state index contributed by atoms with van der Waals surface area (Å²) in [7, 11) is 1.24. The van der Waals surface area contributed by atoms with Crippen LogP contribution in [0, 0.1) is 6.92 Å². The summed E-state index contributed by atoms with van der Waals surface area (Å²) in [5.41, 5.74) is 0.863. The lowest BCUT2D eigenvalue weighted by Crippen LogP contribution is -2.40. The summed E-state index contributed by atoms with van der Waals surface area (Å²) in [5, 5.41) is 0. The van der Waals surface area contributed by atoms with Crippen LogP contribution in [0.25, 0.3) is 16.9 Å². The van der Waals surface area contributed by atoms with Gasteiger partial charge in [0.15, 0.2) is 16.9 Å². The summed E-state index contributed by atoms with van der Waals surface area (Å²) < 4.78 is 14.0. The van der Waals surface area contributed by atoms with E-state index >= 15 is 0 Å². The minimum atomic E-state index is -0.632. The Labute approximate surface area is 175 Å². The third-order valence-electron chi connectivity index (χ3n) is 4.82. The molecular weight excluding hydrogens is 402 g/mol. The zero-order valence-corrected chi connectivity index (χ0v) is 16.9. The average molecular weight is 421 g/mol. The quantitative estimate of drug-likeness (QED) is 0.344. The second kappa shape index (κ2) is 7.90. The molecule has 0 radical (unpaired) electrons. The molecule has 0 atom stereocenters. The number of carbonyl (C=O) groups is 1. The Morgan fingerprint density at radius 1 is 1.29 bits per heavy atom. The van der Waals surface area contributed by atoms with Crippen LogP contribution >= 0.6 is 0 Å². The topological polar surface area (TPSA) is 114 Å². The number of aryl methyl sites for hydroxylation is 1. The lowest BCUT2D eigenvalue weighted by atomic mass is 10.2.